The maximum Gasteiger partial charge on any atom is 0.00237 e. The molecule has 26 heavy (non-hydrogen) atoms. The van der Waals surface area contributed by atoms with Gasteiger partial charge in [-0.2, -0.15) is 0 Å². The summed E-state index contributed by atoms with van der Waals surface area (Å²) in [6.07, 6.45) is 7.34. The Balaban J connectivity index is 2.21. The molecule has 0 nitrogen and oxygen atoms in total. The van der Waals surface area contributed by atoms with Gasteiger partial charge in [0.1, 0.15) is 0 Å². The van der Waals surface area contributed by atoms with Gasteiger partial charge in [0.15, 0.2) is 0 Å². The minimum Gasteiger partial charge on any atom is -0.0861 e. The first kappa shape index (κ1) is 23.0. The van der Waals surface area contributed by atoms with E-state index in [0.717, 1.165) is 47.3 Å². The van der Waals surface area contributed by atoms with E-state index in [-0.39, 0.29) is 0 Å². The van der Waals surface area contributed by atoms with Crippen molar-refractivity contribution in [2.75, 3.05) is 4.43 Å². The first-order valence-electron chi connectivity index (χ1n) is 11.6. The Labute approximate surface area is 179 Å². The van der Waals surface area contributed by atoms with E-state index < -0.39 is 0 Å². The lowest BCUT2D eigenvalue weighted by atomic mass is 9.28. The van der Waals surface area contributed by atoms with Crippen molar-refractivity contribution in [1.82, 2.24) is 0 Å². The van der Waals surface area contributed by atoms with Crippen LogP contribution >= 0.6 is 22.6 Å². The Morgan fingerprint density at radius 3 is 2.15 bits per heavy atom. The number of halogens is 1. The molecule has 0 heterocycles. The molecule has 1 heteroatoms. The number of fused-ring (bicyclic) bond motifs is 1. The first-order valence-corrected chi connectivity index (χ1v) is 13.2. The molecule has 2 aliphatic rings. The van der Waals surface area contributed by atoms with Gasteiger partial charge in [-0.15, -0.1) is 0 Å². The molecule has 2 saturated carbocycles. The van der Waals surface area contributed by atoms with E-state index >= 15 is 0 Å². The van der Waals surface area contributed by atoms with Crippen molar-refractivity contribution in [3.8, 4) is 0 Å². The molecule has 0 bridgehead atoms. The van der Waals surface area contributed by atoms with Crippen molar-refractivity contribution >= 4 is 22.6 Å². The van der Waals surface area contributed by atoms with Crippen LogP contribution in [0, 0.1) is 58.2 Å². The van der Waals surface area contributed by atoms with Gasteiger partial charge in [-0.25, -0.2) is 0 Å². The summed E-state index contributed by atoms with van der Waals surface area (Å²) in [7, 11) is 0. The number of rotatable bonds is 10. The van der Waals surface area contributed by atoms with Gasteiger partial charge >= 0.3 is 0 Å². The van der Waals surface area contributed by atoms with Crippen LogP contribution < -0.4 is 0 Å². The van der Waals surface area contributed by atoms with Gasteiger partial charge in [0.05, 0.1) is 0 Å². The zero-order valence-corrected chi connectivity index (χ0v) is 21.4. The Morgan fingerprint density at radius 1 is 1.12 bits per heavy atom. The number of alkyl halides is 1. The van der Waals surface area contributed by atoms with E-state index in [4.69, 9.17) is 0 Å². The van der Waals surface area contributed by atoms with E-state index in [9.17, 15) is 0 Å². The number of hydrogen-bond donors (Lipinski definition) is 0. The van der Waals surface area contributed by atoms with Gasteiger partial charge in [0.2, 0.25) is 0 Å². The fourth-order valence-electron chi connectivity index (χ4n) is 7.21. The predicted molar refractivity (Wildman–Crippen MR) is 126 cm³/mol. The molecule has 0 saturated heterocycles. The normalized spacial score (nSPS) is 37.7. The maximum absolute atomic E-state index is 2.70. The van der Waals surface area contributed by atoms with Gasteiger partial charge in [-0.3, -0.25) is 0 Å². The van der Waals surface area contributed by atoms with Crippen molar-refractivity contribution in [3.05, 3.63) is 0 Å². The molecular formula is C25H47I. The van der Waals surface area contributed by atoms with Crippen LogP contribution in [-0.2, 0) is 0 Å². The molecule has 0 aromatic heterocycles. The third kappa shape index (κ3) is 3.43. The van der Waals surface area contributed by atoms with Crippen molar-refractivity contribution in [1.29, 1.82) is 0 Å². The zero-order valence-electron chi connectivity index (χ0n) is 19.2. The second kappa shape index (κ2) is 8.62. The summed E-state index contributed by atoms with van der Waals surface area (Å²) < 4.78 is 1.29. The SMILES string of the molecule is CCC(C)CCC1CC2(C(C)(C(C)C)C(C)C(C)C(C)CI)C(C)CC12. The molecule has 0 spiro atoms. The summed E-state index contributed by atoms with van der Waals surface area (Å²) in [5.74, 6) is 7.15. The van der Waals surface area contributed by atoms with Crippen LogP contribution in [0.4, 0.5) is 0 Å². The van der Waals surface area contributed by atoms with Crippen LogP contribution in [0.5, 0.6) is 0 Å². The molecule has 0 radical (unpaired) electrons. The van der Waals surface area contributed by atoms with E-state index in [1.54, 1.807) is 0 Å². The van der Waals surface area contributed by atoms with Crippen molar-refractivity contribution in [3.63, 3.8) is 0 Å². The van der Waals surface area contributed by atoms with Crippen molar-refractivity contribution in [2.24, 2.45) is 58.2 Å². The third-order valence-corrected chi connectivity index (χ3v) is 11.5. The Bertz CT molecular complexity index is 457. The molecule has 9 unspecified atom stereocenters. The topological polar surface area (TPSA) is 0 Å². The molecule has 9 atom stereocenters. The highest BCUT2D eigenvalue weighted by Gasteiger charge is 2.72. The van der Waals surface area contributed by atoms with Gasteiger partial charge in [-0.05, 0) is 77.4 Å². The molecule has 2 aliphatic carbocycles. The van der Waals surface area contributed by atoms with Gasteiger partial charge < -0.3 is 0 Å². The van der Waals surface area contributed by atoms with Crippen LogP contribution in [0.2, 0.25) is 0 Å². The molecular weight excluding hydrogens is 427 g/mol. The van der Waals surface area contributed by atoms with Crippen LogP contribution in [0.25, 0.3) is 0 Å². The highest BCUT2D eigenvalue weighted by Crippen LogP contribution is 2.78. The Kier molecular flexibility index (Phi) is 7.63. The molecule has 2 fully saturated rings. The Morgan fingerprint density at radius 2 is 1.73 bits per heavy atom. The summed E-state index contributed by atoms with van der Waals surface area (Å²) >= 11 is 2.60. The lowest BCUT2D eigenvalue weighted by Gasteiger charge is -2.77. The molecule has 0 aromatic rings. The minimum absolute atomic E-state index is 0.488. The quantitative estimate of drug-likeness (QED) is 0.220. The average molecular weight is 475 g/mol. The second-order valence-corrected chi connectivity index (χ2v) is 11.9. The van der Waals surface area contributed by atoms with Gasteiger partial charge in [-0.1, -0.05) is 97.7 Å². The fraction of sp³-hybridized carbons (Fsp3) is 1.00. The standard InChI is InChI=1S/C25H47I/c1-10-17(4)11-12-22-14-25(19(6)13-23(22)25)24(9,16(2)3)21(8)20(7)18(5)15-26/h16-23H,10-15H2,1-9H3. The van der Waals surface area contributed by atoms with E-state index in [1.807, 2.05) is 0 Å². The average Bonchev–Trinajstić information content (AvgIpc) is 2.62. The summed E-state index contributed by atoms with van der Waals surface area (Å²) in [4.78, 5) is 0. The highest BCUT2D eigenvalue weighted by molar-refractivity contribution is 14.1. The molecule has 0 aromatic carbocycles. The van der Waals surface area contributed by atoms with Gasteiger partial charge in [0, 0.05) is 4.43 Å². The predicted octanol–water partition coefficient (Wildman–Crippen LogP) is 8.48. The summed E-state index contributed by atoms with van der Waals surface area (Å²) in [5, 5.41) is 0. The summed E-state index contributed by atoms with van der Waals surface area (Å²) in [5.41, 5.74) is 1.13. The van der Waals surface area contributed by atoms with Gasteiger partial charge in [0.25, 0.3) is 0 Å². The van der Waals surface area contributed by atoms with Crippen molar-refractivity contribution < 1.29 is 0 Å². The molecule has 154 valence electrons. The molecule has 0 aliphatic heterocycles. The lowest BCUT2D eigenvalue weighted by molar-refractivity contribution is -0.288. The largest absolute Gasteiger partial charge is 0.0861 e. The maximum atomic E-state index is 2.70. The van der Waals surface area contributed by atoms with E-state index in [2.05, 4.69) is 84.9 Å². The summed E-state index contributed by atoms with van der Waals surface area (Å²) in [6.45, 7) is 22.8. The Hall–Kier alpha value is 0.730. The summed E-state index contributed by atoms with van der Waals surface area (Å²) in [6, 6.07) is 0. The molecule has 0 N–H and O–H groups in total. The highest BCUT2D eigenvalue weighted by atomic mass is 127. The lowest BCUT2D eigenvalue weighted by Crippen LogP contribution is -2.71. The van der Waals surface area contributed by atoms with Crippen LogP contribution in [0.15, 0.2) is 0 Å². The monoisotopic (exact) mass is 474 g/mol. The third-order valence-electron chi connectivity index (χ3n) is 10.1. The van der Waals surface area contributed by atoms with Crippen LogP contribution in [-0.4, -0.2) is 4.43 Å². The molecule has 2 rings (SSSR count). The minimum atomic E-state index is 0.488. The van der Waals surface area contributed by atoms with Crippen molar-refractivity contribution in [2.45, 2.75) is 94.4 Å². The first-order chi connectivity index (χ1) is 12.1. The van der Waals surface area contributed by atoms with E-state index in [1.165, 1.54) is 36.5 Å². The van der Waals surface area contributed by atoms with Crippen LogP contribution in [0.3, 0.4) is 0 Å². The fourth-order valence-corrected chi connectivity index (χ4v) is 8.01. The smallest absolute Gasteiger partial charge is 0.00237 e. The number of hydrogen-bond acceptors (Lipinski definition) is 0. The second-order valence-electron chi connectivity index (χ2n) is 11.1. The van der Waals surface area contributed by atoms with E-state index in [0.29, 0.717) is 10.8 Å². The molecule has 0 amide bonds. The zero-order chi connectivity index (χ0) is 19.9. The van der Waals surface area contributed by atoms with Crippen LogP contribution in [0.1, 0.15) is 94.4 Å².